The van der Waals surface area contributed by atoms with Crippen LogP contribution in [0.2, 0.25) is 0 Å². The van der Waals surface area contributed by atoms with Crippen LogP contribution in [0.15, 0.2) is 42.6 Å². The molecule has 0 saturated carbocycles. The molecule has 3 heteroatoms. The minimum absolute atomic E-state index is 0.313. The predicted octanol–water partition coefficient (Wildman–Crippen LogP) is 2.36. The Kier molecular flexibility index (Phi) is 3.24. The second-order valence-electron chi connectivity index (χ2n) is 6.32. The Morgan fingerprint density at radius 3 is 2.48 bits per heavy atom. The van der Waals surface area contributed by atoms with Gasteiger partial charge < -0.3 is 0 Å². The van der Waals surface area contributed by atoms with Gasteiger partial charge in [-0.3, -0.25) is 16.3 Å². The van der Waals surface area contributed by atoms with Gasteiger partial charge in [-0.25, -0.2) is 0 Å². The molecule has 2 aromatic rings. The van der Waals surface area contributed by atoms with E-state index in [1.807, 2.05) is 12.3 Å². The molecular formula is C18H21N3. The van der Waals surface area contributed by atoms with Gasteiger partial charge in [0.2, 0.25) is 0 Å². The average Bonchev–Trinajstić information content (AvgIpc) is 3.13. The van der Waals surface area contributed by atoms with Crippen molar-refractivity contribution in [3.63, 3.8) is 0 Å². The van der Waals surface area contributed by atoms with Gasteiger partial charge in [0.25, 0.3) is 0 Å². The van der Waals surface area contributed by atoms with Crippen LogP contribution < -0.4 is 11.3 Å². The molecule has 21 heavy (non-hydrogen) atoms. The summed E-state index contributed by atoms with van der Waals surface area (Å²) in [6.07, 6.45) is 6.46. The summed E-state index contributed by atoms with van der Waals surface area (Å²) in [6, 6.07) is 13.3. The van der Waals surface area contributed by atoms with E-state index >= 15 is 0 Å². The number of hydrogen-bond donors (Lipinski definition) is 2. The fourth-order valence-corrected chi connectivity index (χ4v) is 4.22. The Labute approximate surface area is 125 Å². The Hall–Kier alpha value is -1.71. The molecule has 0 spiro atoms. The zero-order valence-corrected chi connectivity index (χ0v) is 12.1. The van der Waals surface area contributed by atoms with Gasteiger partial charge in [-0.1, -0.05) is 30.3 Å². The number of fused-ring (bicyclic) bond motifs is 2. The van der Waals surface area contributed by atoms with Crippen molar-refractivity contribution in [2.45, 2.75) is 37.6 Å². The highest BCUT2D eigenvalue weighted by atomic mass is 15.2. The molecule has 0 amide bonds. The molecule has 0 fully saturated rings. The Morgan fingerprint density at radius 1 is 1.05 bits per heavy atom. The van der Waals surface area contributed by atoms with Gasteiger partial charge in [0.15, 0.2) is 0 Å². The highest BCUT2D eigenvalue weighted by Gasteiger charge is 2.37. The van der Waals surface area contributed by atoms with E-state index in [9.17, 15) is 0 Å². The Bertz CT molecular complexity index is 627. The number of hydrazine groups is 1. The van der Waals surface area contributed by atoms with Gasteiger partial charge in [0, 0.05) is 23.9 Å². The van der Waals surface area contributed by atoms with E-state index in [1.54, 1.807) is 0 Å². The molecule has 0 radical (unpaired) electrons. The molecule has 3 nitrogen and oxygen atoms in total. The zero-order chi connectivity index (χ0) is 14.2. The van der Waals surface area contributed by atoms with Crippen LogP contribution in [0.4, 0.5) is 0 Å². The summed E-state index contributed by atoms with van der Waals surface area (Å²) in [5, 5.41) is 0. The van der Waals surface area contributed by atoms with Crippen molar-refractivity contribution in [2.75, 3.05) is 0 Å². The van der Waals surface area contributed by atoms with Gasteiger partial charge in [0.1, 0.15) is 0 Å². The first-order valence-electron chi connectivity index (χ1n) is 7.83. The molecule has 0 aliphatic heterocycles. The van der Waals surface area contributed by atoms with Crippen LogP contribution in [-0.4, -0.2) is 11.0 Å². The van der Waals surface area contributed by atoms with Crippen LogP contribution in [-0.2, 0) is 19.3 Å². The molecule has 0 bridgehead atoms. The van der Waals surface area contributed by atoms with Crippen molar-refractivity contribution in [1.82, 2.24) is 10.4 Å². The summed E-state index contributed by atoms with van der Waals surface area (Å²) in [5.74, 6) is 6.97. The number of nitrogens with two attached hydrogens (primary N) is 1. The fourth-order valence-electron chi connectivity index (χ4n) is 4.22. The molecule has 2 atom stereocenters. The van der Waals surface area contributed by atoms with Gasteiger partial charge in [-0.2, -0.15) is 0 Å². The quantitative estimate of drug-likeness (QED) is 0.670. The van der Waals surface area contributed by atoms with E-state index < -0.39 is 0 Å². The summed E-state index contributed by atoms with van der Waals surface area (Å²) >= 11 is 0. The molecule has 108 valence electrons. The lowest BCUT2D eigenvalue weighted by Crippen LogP contribution is -2.45. The van der Waals surface area contributed by atoms with E-state index in [0.29, 0.717) is 17.9 Å². The minimum atomic E-state index is 0.313. The molecule has 0 saturated heterocycles. The minimum Gasteiger partial charge on any atom is -0.271 e. The van der Waals surface area contributed by atoms with E-state index in [2.05, 4.69) is 40.7 Å². The number of aryl methyl sites for hydroxylation is 1. The van der Waals surface area contributed by atoms with Crippen molar-refractivity contribution in [1.29, 1.82) is 0 Å². The zero-order valence-electron chi connectivity index (χ0n) is 12.1. The molecular weight excluding hydrogens is 258 g/mol. The smallest absolute Gasteiger partial charge is 0.0482 e. The van der Waals surface area contributed by atoms with Crippen molar-refractivity contribution >= 4 is 0 Å². The number of nitrogens with one attached hydrogen (secondary N) is 1. The maximum Gasteiger partial charge on any atom is 0.0482 e. The molecule has 2 aliphatic rings. The lowest BCUT2D eigenvalue weighted by Gasteiger charge is -2.28. The first-order valence-corrected chi connectivity index (χ1v) is 7.83. The second kappa shape index (κ2) is 5.24. The van der Waals surface area contributed by atoms with E-state index in [4.69, 9.17) is 5.84 Å². The Morgan fingerprint density at radius 2 is 1.76 bits per heavy atom. The molecule has 1 aromatic carbocycles. The maximum absolute atomic E-state index is 5.95. The fraction of sp³-hybridized carbons (Fsp3) is 0.389. The van der Waals surface area contributed by atoms with Crippen LogP contribution in [0.1, 0.15) is 34.7 Å². The SMILES string of the molecule is NNC(C1Cc2ccccc2C1)C1CCc2cccnc21. The number of aromatic nitrogens is 1. The van der Waals surface area contributed by atoms with Crippen LogP contribution in [0.3, 0.4) is 0 Å². The molecule has 3 N–H and O–H groups in total. The topological polar surface area (TPSA) is 50.9 Å². The van der Waals surface area contributed by atoms with Crippen LogP contribution >= 0.6 is 0 Å². The van der Waals surface area contributed by atoms with Crippen molar-refractivity contribution in [2.24, 2.45) is 11.8 Å². The number of hydrogen-bond acceptors (Lipinski definition) is 3. The molecule has 2 aliphatic carbocycles. The third-order valence-electron chi connectivity index (χ3n) is 5.22. The lowest BCUT2D eigenvalue weighted by atomic mass is 9.85. The predicted molar refractivity (Wildman–Crippen MR) is 83.8 cm³/mol. The lowest BCUT2D eigenvalue weighted by molar-refractivity contribution is 0.313. The highest BCUT2D eigenvalue weighted by Crippen LogP contribution is 2.39. The normalized spacial score (nSPS) is 22.0. The third-order valence-corrected chi connectivity index (χ3v) is 5.22. The molecule has 1 heterocycles. The summed E-state index contributed by atoms with van der Waals surface area (Å²) in [4.78, 5) is 4.63. The average molecular weight is 279 g/mol. The monoisotopic (exact) mass is 279 g/mol. The summed E-state index contributed by atoms with van der Waals surface area (Å²) < 4.78 is 0. The van der Waals surface area contributed by atoms with Crippen molar-refractivity contribution < 1.29 is 0 Å². The van der Waals surface area contributed by atoms with E-state index in [0.717, 1.165) is 25.7 Å². The van der Waals surface area contributed by atoms with Gasteiger partial charge >= 0.3 is 0 Å². The largest absolute Gasteiger partial charge is 0.271 e. The van der Waals surface area contributed by atoms with Gasteiger partial charge in [-0.15, -0.1) is 0 Å². The third kappa shape index (κ3) is 2.17. The van der Waals surface area contributed by atoms with Gasteiger partial charge in [0.05, 0.1) is 0 Å². The van der Waals surface area contributed by atoms with Crippen LogP contribution in [0, 0.1) is 5.92 Å². The molecule has 2 unspecified atom stereocenters. The van der Waals surface area contributed by atoms with Crippen LogP contribution in [0.25, 0.3) is 0 Å². The number of rotatable bonds is 3. The van der Waals surface area contributed by atoms with Crippen LogP contribution in [0.5, 0.6) is 0 Å². The highest BCUT2D eigenvalue weighted by molar-refractivity contribution is 5.35. The van der Waals surface area contributed by atoms with Crippen molar-refractivity contribution in [3.8, 4) is 0 Å². The van der Waals surface area contributed by atoms with E-state index in [1.165, 1.54) is 22.4 Å². The van der Waals surface area contributed by atoms with Crippen molar-refractivity contribution in [3.05, 3.63) is 65.0 Å². The number of nitrogens with zero attached hydrogens (tertiary/aromatic N) is 1. The summed E-state index contributed by atoms with van der Waals surface area (Å²) in [7, 11) is 0. The maximum atomic E-state index is 5.95. The van der Waals surface area contributed by atoms with Gasteiger partial charge in [-0.05, 0) is 54.4 Å². The first-order chi connectivity index (χ1) is 10.4. The van der Waals surface area contributed by atoms with E-state index in [-0.39, 0.29) is 0 Å². The molecule has 4 rings (SSSR count). The molecule has 1 aromatic heterocycles. The summed E-state index contributed by atoms with van der Waals surface area (Å²) in [6.45, 7) is 0. The number of pyridine rings is 1. The first kappa shape index (κ1) is 13.0. The Balaban J connectivity index is 1.60. The standard InChI is InChI=1S/C18H21N3/c19-21-18(15-10-13-4-1-2-5-14(13)11-15)16-8-7-12-6-3-9-20-17(12)16/h1-6,9,15-16,18,21H,7-8,10-11,19H2. The summed E-state index contributed by atoms with van der Waals surface area (Å²) in [5.41, 5.74) is 8.76. The second-order valence-corrected chi connectivity index (χ2v) is 6.32. The number of benzene rings is 1.